The fraction of sp³-hybridized carbons (Fsp3) is 0.381. The van der Waals surface area contributed by atoms with Crippen molar-refractivity contribution in [3.63, 3.8) is 0 Å². The Morgan fingerprint density at radius 2 is 2.03 bits per heavy atom. The Hall–Kier alpha value is -3.13. The van der Waals surface area contributed by atoms with Crippen molar-refractivity contribution in [1.29, 1.82) is 0 Å². The molecule has 1 aliphatic heterocycles. The Kier molecular flexibility index (Phi) is 5.90. The fourth-order valence-electron chi connectivity index (χ4n) is 4.00. The summed E-state index contributed by atoms with van der Waals surface area (Å²) in [5.41, 5.74) is 5.18. The van der Waals surface area contributed by atoms with Crippen LogP contribution in [0, 0.1) is 0 Å². The molecule has 0 radical (unpaired) electrons. The van der Waals surface area contributed by atoms with Crippen molar-refractivity contribution in [3.05, 3.63) is 54.0 Å². The molecule has 0 bridgehead atoms. The van der Waals surface area contributed by atoms with Gasteiger partial charge < -0.3 is 10.6 Å². The number of nitrogens with zero attached hydrogens (tertiary/aromatic N) is 3. The van der Waals surface area contributed by atoms with E-state index in [1.54, 1.807) is 6.20 Å². The molecule has 1 aromatic carbocycles. The smallest absolute Gasteiger partial charge is 0.319 e. The van der Waals surface area contributed by atoms with Crippen LogP contribution in [0.15, 0.2) is 42.7 Å². The number of amides is 2. The lowest BCUT2D eigenvalue weighted by Crippen LogP contribution is -2.34. The zero-order valence-corrected chi connectivity index (χ0v) is 16.6. The van der Waals surface area contributed by atoms with E-state index in [2.05, 4.69) is 48.1 Å². The molecule has 1 atom stereocenters. The van der Waals surface area contributed by atoms with Crippen molar-refractivity contribution in [1.82, 2.24) is 30.6 Å². The van der Waals surface area contributed by atoms with Crippen LogP contribution in [0.4, 0.5) is 10.5 Å². The van der Waals surface area contributed by atoms with Gasteiger partial charge in [0, 0.05) is 31.1 Å². The van der Waals surface area contributed by atoms with Crippen molar-refractivity contribution in [3.8, 4) is 11.3 Å². The lowest BCUT2D eigenvalue weighted by Gasteiger charge is -2.32. The SMILES string of the molecule is CCNC(=O)Nc1cn[nH]c1[C@H]1CCCN(Cc2cn[nH]c2-c2ccccc2)C1. The molecule has 1 fully saturated rings. The number of benzene rings is 1. The Morgan fingerprint density at radius 3 is 2.86 bits per heavy atom. The van der Waals surface area contributed by atoms with Gasteiger partial charge >= 0.3 is 6.03 Å². The molecule has 0 aliphatic carbocycles. The summed E-state index contributed by atoms with van der Waals surface area (Å²) in [5.74, 6) is 0.301. The van der Waals surface area contributed by atoms with Gasteiger partial charge in [-0.3, -0.25) is 15.1 Å². The molecule has 0 spiro atoms. The number of carbonyl (C=O) groups excluding carboxylic acids is 1. The minimum absolute atomic E-state index is 0.200. The van der Waals surface area contributed by atoms with E-state index in [4.69, 9.17) is 0 Å². The molecule has 2 aromatic heterocycles. The molecule has 8 heteroatoms. The van der Waals surface area contributed by atoms with Gasteiger partial charge in [-0.25, -0.2) is 4.79 Å². The number of piperidine rings is 1. The number of likely N-dealkylation sites (tertiary alicyclic amines) is 1. The van der Waals surface area contributed by atoms with E-state index < -0.39 is 0 Å². The summed E-state index contributed by atoms with van der Waals surface area (Å²) in [6.45, 7) is 5.28. The summed E-state index contributed by atoms with van der Waals surface area (Å²) in [5, 5.41) is 20.4. The second-order valence-electron chi connectivity index (χ2n) is 7.39. The van der Waals surface area contributed by atoms with Crippen LogP contribution in [0.3, 0.4) is 0 Å². The predicted octanol–water partition coefficient (Wildman–Crippen LogP) is 3.32. The van der Waals surface area contributed by atoms with E-state index in [1.165, 1.54) is 5.56 Å². The molecule has 29 heavy (non-hydrogen) atoms. The van der Waals surface area contributed by atoms with Crippen molar-refractivity contribution >= 4 is 11.7 Å². The highest BCUT2D eigenvalue weighted by molar-refractivity contribution is 5.89. The van der Waals surface area contributed by atoms with Crippen LogP contribution in [0.25, 0.3) is 11.3 Å². The van der Waals surface area contributed by atoms with Gasteiger partial charge in [-0.05, 0) is 31.9 Å². The number of aromatic amines is 2. The molecule has 2 amide bonds. The number of anilines is 1. The number of aromatic nitrogens is 4. The van der Waals surface area contributed by atoms with E-state index >= 15 is 0 Å². The number of H-pyrrole nitrogens is 2. The van der Waals surface area contributed by atoms with Crippen LogP contribution in [0.5, 0.6) is 0 Å². The van der Waals surface area contributed by atoms with Crippen LogP contribution in [-0.4, -0.2) is 51.0 Å². The maximum atomic E-state index is 11.9. The van der Waals surface area contributed by atoms with Crippen LogP contribution in [0.1, 0.15) is 36.9 Å². The van der Waals surface area contributed by atoms with Gasteiger partial charge in [0.05, 0.1) is 29.5 Å². The third-order valence-corrected chi connectivity index (χ3v) is 5.34. The summed E-state index contributed by atoms with van der Waals surface area (Å²) in [4.78, 5) is 14.4. The third kappa shape index (κ3) is 4.48. The van der Waals surface area contributed by atoms with E-state index in [9.17, 15) is 4.79 Å². The van der Waals surface area contributed by atoms with Gasteiger partial charge in [0.2, 0.25) is 0 Å². The highest BCUT2D eigenvalue weighted by Crippen LogP contribution is 2.31. The summed E-state index contributed by atoms with van der Waals surface area (Å²) in [6.07, 6.45) is 5.78. The molecule has 0 saturated carbocycles. The maximum Gasteiger partial charge on any atom is 0.319 e. The van der Waals surface area contributed by atoms with E-state index in [0.717, 1.165) is 55.1 Å². The highest BCUT2D eigenvalue weighted by Gasteiger charge is 2.26. The Labute approximate surface area is 170 Å². The van der Waals surface area contributed by atoms with Gasteiger partial charge in [-0.1, -0.05) is 30.3 Å². The van der Waals surface area contributed by atoms with E-state index in [-0.39, 0.29) is 6.03 Å². The topological polar surface area (TPSA) is 102 Å². The normalized spacial score (nSPS) is 17.2. The third-order valence-electron chi connectivity index (χ3n) is 5.34. The molecule has 4 rings (SSSR count). The quantitative estimate of drug-likeness (QED) is 0.516. The molecule has 152 valence electrons. The molecule has 0 unspecified atom stereocenters. The average molecular weight is 393 g/mol. The van der Waals surface area contributed by atoms with Gasteiger partial charge in [-0.15, -0.1) is 0 Å². The zero-order chi connectivity index (χ0) is 20.1. The summed E-state index contributed by atoms with van der Waals surface area (Å²) < 4.78 is 0. The molecule has 3 aromatic rings. The van der Waals surface area contributed by atoms with Gasteiger partial charge in [0.15, 0.2) is 0 Å². The van der Waals surface area contributed by atoms with E-state index in [1.807, 2.05) is 31.3 Å². The molecule has 3 heterocycles. The van der Waals surface area contributed by atoms with Crippen LogP contribution in [0.2, 0.25) is 0 Å². The lowest BCUT2D eigenvalue weighted by atomic mass is 9.93. The summed E-state index contributed by atoms with van der Waals surface area (Å²) in [7, 11) is 0. The Bertz CT molecular complexity index is 933. The largest absolute Gasteiger partial charge is 0.338 e. The Morgan fingerprint density at radius 1 is 1.21 bits per heavy atom. The van der Waals surface area contributed by atoms with Crippen molar-refractivity contribution in [2.24, 2.45) is 0 Å². The van der Waals surface area contributed by atoms with E-state index in [0.29, 0.717) is 12.5 Å². The minimum atomic E-state index is -0.200. The number of rotatable bonds is 6. The van der Waals surface area contributed by atoms with Crippen molar-refractivity contribution in [2.45, 2.75) is 32.2 Å². The molecule has 1 saturated heterocycles. The number of carbonyl (C=O) groups is 1. The maximum absolute atomic E-state index is 11.9. The summed E-state index contributed by atoms with van der Waals surface area (Å²) >= 11 is 0. The number of nitrogens with one attached hydrogen (secondary N) is 4. The van der Waals surface area contributed by atoms with Gasteiger partial charge in [0.25, 0.3) is 0 Å². The van der Waals surface area contributed by atoms with Crippen molar-refractivity contribution < 1.29 is 4.79 Å². The molecular formula is C21H27N7O. The highest BCUT2D eigenvalue weighted by atomic mass is 16.2. The van der Waals surface area contributed by atoms with Crippen LogP contribution in [-0.2, 0) is 6.54 Å². The van der Waals surface area contributed by atoms with Crippen molar-refractivity contribution in [2.75, 3.05) is 25.0 Å². The molecule has 4 N–H and O–H groups in total. The van der Waals surface area contributed by atoms with Crippen LogP contribution >= 0.6 is 0 Å². The fourth-order valence-corrected chi connectivity index (χ4v) is 4.00. The monoisotopic (exact) mass is 393 g/mol. The number of urea groups is 1. The predicted molar refractivity (Wildman–Crippen MR) is 113 cm³/mol. The summed E-state index contributed by atoms with van der Waals surface area (Å²) in [6, 6.07) is 10.1. The molecular weight excluding hydrogens is 366 g/mol. The molecule has 1 aliphatic rings. The Balaban J connectivity index is 1.45. The second-order valence-corrected chi connectivity index (χ2v) is 7.39. The van der Waals surface area contributed by atoms with Gasteiger partial charge in [0.1, 0.15) is 0 Å². The first kappa shape index (κ1) is 19.2. The van der Waals surface area contributed by atoms with Crippen LogP contribution < -0.4 is 10.6 Å². The second kappa shape index (κ2) is 8.91. The first-order valence-electron chi connectivity index (χ1n) is 10.1. The first-order valence-corrected chi connectivity index (χ1v) is 10.1. The first-order chi connectivity index (χ1) is 14.2. The van der Waals surface area contributed by atoms with Gasteiger partial charge in [-0.2, -0.15) is 10.2 Å². The minimum Gasteiger partial charge on any atom is -0.338 e. The lowest BCUT2D eigenvalue weighted by molar-refractivity contribution is 0.199. The standard InChI is InChI=1S/C21H27N7O/c1-2-22-21(29)25-18-12-24-27-20(18)16-9-6-10-28(13-16)14-17-11-23-26-19(17)15-7-4-3-5-8-15/h3-5,7-8,11-12,16H,2,6,9-10,13-14H2,1H3,(H,23,26)(H,24,27)(H2,22,25,29)/t16-/m0/s1. The molecule has 8 nitrogen and oxygen atoms in total. The number of hydrogen-bond donors (Lipinski definition) is 4. The average Bonchev–Trinajstić information content (AvgIpc) is 3.38. The zero-order valence-electron chi connectivity index (χ0n) is 16.6. The number of hydrogen-bond acceptors (Lipinski definition) is 4.